The Morgan fingerprint density at radius 3 is 2.44 bits per heavy atom. The topological polar surface area (TPSA) is 48.4 Å². The van der Waals surface area contributed by atoms with Gasteiger partial charge < -0.3 is 14.5 Å². The molecule has 0 N–H and O–H groups in total. The number of hydrogen-bond acceptors (Lipinski definition) is 5. The largest absolute Gasteiger partial charge is 0.482 e. The molecule has 1 unspecified atom stereocenters. The predicted molar refractivity (Wildman–Crippen MR) is 138 cm³/mol. The SMILES string of the molecule is C=CC(C)/C(C)=N/N(CC(=O)N1CCN(C2=CCC=C(Cl)C(OCC(F)(F)F)=C2)CC1)/C(C)=C(\C)Cl. The summed E-state index contributed by atoms with van der Waals surface area (Å²) in [4.78, 5) is 16.8. The molecule has 1 saturated heterocycles. The summed E-state index contributed by atoms with van der Waals surface area (Å²) >= 11 is 12.3. The lowest BCUT2D eigenvalue weighted by Gasteiger charge is -2.37. The summed E-state index contributed by atoms with van der Waals surface area (Å²) in [5, 5.41) is 6.89. The van der Waals surface area contributed by atoms with Gasteiger partial charge in [0.15, 0.2) is 6.61 Å². The summed E-state index contributed by atoms with van der Waals surface area (Å²) in [6.45, 7) is 11.7. The maximum Gasteiger partial charge on any atom is 0.422 e. The van der Waals surface area contributed by atoms with Crippen molar-refractivity contribution in [1.82, 2.24) is 14.8 Å². The number of nitrogens with zero attached hydrogens (tertiary/aromatic N) is 4. The standard InChI is InChI=1S/C25H33Cl2F3N4O2/c1-6-17(2)19(4)31-34(20(5)18(3)26)15-24(35)33-12-10-32(11-13-33)21-8-7-9-22(27)23(14-21)36-16-25(28,29)30/h6,8-9,14,17H,1,7,10-13,15-16H2,2-5H3/b20-18+,31-19+. The lowest BCUT2D eigenvalue weighted by atomic mass is 10.1. The summed E-state index contributed by atoms with van der Waals surface area (Å²) in [6, 6.07) is 0. The van der Waals surface area contributed by atoms with Crippen LogP contribution in [-0.4, -0.2) is 71.9 Å². The van der Waals surface area contributed by atoms with Crippen molar-refractivity contribution in [2.75, 3.05) is 39.3 Å². The van der Waals surface area contributed by atoms with Gasteiger partial charge in [0.2, 0.25) is 5.91 Å². The molecule has 1 amide bonds. The molecule has 0 spiro atoms. The summed E-state index contributed by atoms with van der Waals surface area (Å²) < 4.78 is 42.8. The average Bonchev–Trinajstić information content (AvgIpc) is 3.01. The number of amides is 1. The molecular formula is C25H33Cl2F3N4O2. The van der Waals surface area contributed by atoms with Crippen LogP contribution in [0.5, 0.6) is 0 Å². The first-order chi connectivity index (χ1) is 16.8. The molecule has 1 atom stereocenters. The first-order valence-electron chi connectivity index (χ1n) is 11.6. The number of piperazine rings is 1. The van der Waals surface area contributed by atoms with E-state index in [0.717, 1.165) is 5.71 Å². The van der Waals surface area contributed by atoms with Crippen molar-refractivity contribution >= 4 is 34.8 Å². The molecule has 6 nitrogen and oxygen atoms in total. The fourth-order valence-electron chi connectivity index (χ4n) is 3.44. The van der Waals surface area contributed by atoms with Gasteiger partial charge in [-0.2, -0.15) is 18.3 Å². The number of rotatable bonds is 9. The molecule has 0 aromatic rings. The number of allylic oxidation sites excluding steroid dienone is 7. The Morgan fingerprint density at radius 1 is 1.25 bits per heavy atom. The van der Waals surface area contributed by atoms with Gasteiger partial charge in [-0.3, -0.25) is 9.80 Å². The Hall–Kier alpha value is -2.39. The van der Waals surface area contributed by atoms with Crippen molar-refractivity contribution in [3.05, 3.63) is 58.1 Å². The van der Waals surface area contributed by atoms with E-state index in [9.17, 15) is 18.0 Å². The molecule has 11 heteroatoms. The van der Waals surface area contributed by atoms with E-state index in [-0.39, 0.29) is 29.2 Å². The molecule has 1 aliphatic carbocycles. The molecule has 200 valence electrons. The van der Waals surface area contributed by atoms with Crippen LogP contribution >= 0.6 is 23.2 Å². The van der Waals surface area contributed by atoms with E-state index in [4.69, 9.17) is 27.9 Å². The first kappa shape index (κ1) is 29.8. The number of halogens is 5. The van der Waals surface area contributed by atoms with Gasteiger partial charge in [-0.05, 0) is 27.2 Å². The third kappa shape index (κ3) is 8.92. The highest BCUT2D eigenvalue weighted by molar-refractivity contribution is 6.31. The second-order valence-electron chi connectivity index (χ2n) is 8.64. The normalized spacial score (nSPS) is 18.9. The molecule has 36 heavy (non-hydrogen) atoms. The second-order valence-corrected chi connectivity index (χ2v) is 9.61. The fourth-order valence-corrected chi connectivity index (χ4v) is 3.73. The Kier molecular flexibility index (Phi) is 11.0. The molecule has 1 aliphatic heterocycles. The second kappa shape index (κ2) is 13.2. The smallest absolute Gasteiger partial charge is 0.422 e. The Labute approximate surface area is 221 Å². The van der Waals surface area contributed by atoms with Crippen molar-refractivity contribution in [2.24, 2.45) is 11.0 Å². The van der Waals surface area contributed by atoms with E-state index < -0.39 is 12.8 Å². The summed E-state index contributed by atoms with van der Waals surface area (Å²) in [5.41, 5.74) is 2.20. The number of alkyl halides is 3. The van der Waals surface area contributed by atoms with Crippen LogP contribution in [0.2, 0.25) is 0 Å². The van der Waals surface area contributed by atoms with Crippen LogP contribution in [0.15, 0.2) is 63.2 Å². The van der Waals surface area contributed by atoms with Crippen LogP contribution in [0.3, 0.4) is 0 Å². The van der Waals surface area contributed by atoms with Gasteiger partial charge in [-0.25, -0.2) is 0 Å². The van der Waals surface area contributed by atoms with Gasteiger partial charge in [-0.1, -0.05) is 48.4 Å². The van der Waals surface area contributed by atoms with E-state index in [1.54, 1.807) is 29.0 Å². The minimum Gasteiger partial charge on any atom is -0.482 e. The van der Waals surface area contributed by atoms with Crippen LogP contribution in [0.25, 0.3) is 0 Å². The van der Waals surface area contributed by atoms with Gasteiger partial charge in [-0.15, -0.1) is 6.58 Å². The predicted octanol–water partition coefficient (Wildman–Crippen LogP) is 5.99. The highest BCUT2D eigenvalue weighted by Gasteiger charge is 2.30. The van der Waals surface area contributed by atoms with Crippen LogP contribution < -0.4 is 0 Å². The minimum atomic E-state index is -4.46. The zero-order valence-electron chi connectivity index (χ0n) is 21.0. The van der Waals surface area contributed by atoms with Gasteiger partial charge in [0, 0.05) is 60.3 Å². The van der Waals surface area contributed by atoms with Crippen LogP contribution in [0, 0.1) is 5.92 Å². The summed E-state index contributed by atoms with van der Waals surface area (Å²) in [5.74, 6) is -0.0740. The van der Waals surface area contributed by atoms with Gasteiger partial charge >= 0.3 is 6.18 Å². The van der Waals surface area contributed by atoms with Crippen LogP contribution in [-0.2, 0) is 9.53 Å². The number of carbonyl (C=O) groups excluding carboxylic acids is 1. The van der Waals surface area contributed by atoms with E-state index in [1.807, 2.05) is 31.7 Å². The van der Waals surface area contributed by atoms with Crippen molar-refractivity contribution in [3.63, 3.8) is 0 Å². The highest BCUT2D eigenvalue weighted by Crippen LogP contribution is 2.27. The molecule has 2 rings (SSSR count). The van der Waals surface area contributed by atoms with Crippen LogP contribution in [0.1, 0.15) is 34.1 Å². The van der Waals surface area contributed by atoms with Gasteiger partial charge in [0.25, 0.3) is 0 Å². The Balaban J connectivity index is 2.06. The van der Waals surface area contributed by atoms with Crippen molar-refractivity contribution in [1.29, 1.82) is 0 Å². The molecule has 0 aromatic heterocycles. The maximum atomic E-state index is 13.1. The average molecular weight is 549 g/mol. The molecule has 0 aromatic carbocycles. The molecule has 1 heterocycles. The van der Waals surface area contributed by atoms with E-state index >= 15 is 0 Å². The Bertz CT molecular complexity index is 974. The van der Waals surface area contributed by atoms with Crippen molar-refractivity contribution < 1.29 is 22.7 Å². The maximum absolute atomic E-state index is 13.1. The molecule has 0 bridgehead atoms. The first-order valence-corrected chi connectivity index (χ1v) is 12.4. The van der Waals surface area contributed by atoms with Gasteiger partial charge in [0.05, 0.1) is 5.03 Å². The lowest BCUT2D eigenvalue weighted by molar-refractivity contribution is -0.163. The molecule has 0 radical (unpaired) electrons. The third-order valence-electron chi connectivity index (χ3n) is 5.99. The highest BCUT2D eigenvalue weighted by atomic mass is 35.5. The van der Waals surface area contributed by atoms with E-state index in [2.05, 4.69) is 11.7 Å². The molecular weight excluding hydrogens is 516 g/mol. The molecule has 1 fully saturated rings. The lowest BCUT2D eigenvalue weighted by Crippen LogP contribution is -2.50. The third-order valence-corrected chi connectivity index (χ3v) is 6.60. The van der Waals surface area contributed by atoms with Crippen LogP contribution in [0.4, 0.5) is 13.2 Å². The number of hydrogen-bond donors (Lipinski definition) is 0. The van der Waals surface area contributed by atoms with Crippen molar-refractivity contribution in [2.45, 2.75) is 40.3 Å². The van der Waals surface area contributed by atoms with E-state index in [0.29, 0.717) is 49.0 Å². The monoisotopic (exact) mass is 548 g/mol. The van der Waals surface area contributed by atoms with Crippen molar-refractivity contribution in [3.8, 4) is 0 Å². The zero-order chi connectivity index (χ0) is 27.0. The summed E-state index contributed by atoms with van der Waals surface area (Å²) in [6.07, 6.45) is 2.78. The number of hydrazone groups is 1. The summed E-state index contributed by atoms with van der Waals surface area (Å²) in [7, 11) is 0. The Morgan fingerprint density at radius 2 is 1.89 bits per heavy atom. The minimum absolute atomic E-state index is 0.0208. The van der Waals surface area contributed by atoms with Gasteiger partial charge in [0.1, 0.15) is 12.3 Å². The quantitative estimate of drug-likeness (QED) is 0.201. The van der Waals surface area contributed by atoms with E-state index in [1.165, 1.54) is 6.08 Å². The molecule has 0 saturated carbocycles. The number of ether oxygens (including phenoxy) is 1. The molecule has 2 aliphatic rings. The number of carbonyl (C=O) groups is 1. The fraction of sp³-hybridized carbons (Fsp3) is 0.520. The zero-order valence-corrected chi connectivity index (χ0v) is 22.6.